The van der Waals surface area contributed by atoms with Gasteiger partial charge >= 0.3 is 5.97 Å². The number of ether oxygens (including phenoxy) is 2. The highest BCUT2D eigenvalue weighted by Gasteiger charge is 2.24. The van der Waals surface area contributed by atoms with Gasteiger partial charge in [-0.2, -0.15) is 0 Å². The number of rotatable bonds is 3. The van der Waals surface area contributed by atoms with Crippen molar-refractivity contribution in [1.29, 1.82) is 0 Å². The molecule has 1 unspecified atom stereocenters. The second kappa shape index (κ2) is 5.47. The first-order chi connectivity index (χ1) is 7.36. The van der Waals surface area contributed by atoms with Gasteiger partial charge < -0.3 is 14.8 Å². The van der Waals surface area contributed by atoms with Crippen LogP contribution in [-0.2, 0) is 14.3 Å². The summed E-state index contributed by atoms with van der Waals surface area (Å²) < 4.78 is 10.5. The third kappa shape index (κ3) is 3.18. The van der Waals surface area contributed by atoms with Crippen LogP contribution < -0.4 is 5.32 Å². The van der Waals surface area contributed by atoms with Crippen LogP contribution in [0.1, 0.15) is 19.3 Å². The molecule has 86 valence electrons. The van der Waals surface area contributed by atoms with Gasteiger partial charge in [0.05, 0.1) is 12.5 Å². The van der Waals surface area contributed by atoms with E-state index in [1.807, 2.05) is 0 Å². The summed E-state index contributed by atoms with van der Waals surface area (Å²) in [7, 11) is 0. The van der Waals surface area contributed by atoms with Gasteiger partial charge in [0.2, 0.25) is 0 Å². The maximum Gasteiger partial charge on any atom is 0.309 e. The lowest BCUT2D eigenvalue weighted by Crippen LogP contribution is -2.27. The summed E-state index contributed by atoms with van der Waals surface area (Å²) in [6, 6.07) is 0. The first kappa shape index (κ1) is 10.9. The van der Waals surface area contributed by atoms with Crippen LogP contribution in [0.5, 0.6) is 0 Å². The van der Waals surface area contributed by atoms with Gasteiger partial charge in [-0.05, 0) is 25.8 Å². The minimum Gasteiger partial charge on any atom is -0.465 e. The summed E-state index contributed by atoms with van der Waals surface area (Å²) in [4.78, 5) is 11.7. The van der Waals surface area contributed by atoms with Crippen molar-refractivity contribution in [1.82, 2.24) is 5.32 Å². The average Bonchev–Trinajstić information content (AvgIpc) is 2.80. The monoisotopic (exact) mass is 213 g/mol. The Morgan fingerprint density at radius 3 is 2.80 bits per heavy atom. The Morgan fingerprint density at radius 2 is 2.13 bits per heavy atom. The zero-order valence-electron chi connectivity index (χ0n) is 9.04. The molecule has 0 aliphatic carbocycles. The van der Waals surface area contributed by atoms with Gasteiger partial charge in [-0.15, -0.1) is 0 Å². The minimum atomic E-state index is -0.0230. The van der Waals surface area contributed by atoms with Gasteiger partial charge in [-0.25, -0.2) is 0 Å². The number of hydrogen-bond acceptors (Lipinski definition) is 4. The number of carbonyl (C=O) groups is 1. The van der Waals surface area contributed by atoms with Crippen molar-refractivity contribution in [3.63, 3.8) is 0 Å². The summed E-state index contributed by atoms with van der Waals surface area (Å²) in [6.45, 7) is 4.03. The molecule has 0 aromatic rings. The molecule has 0 spiro atoms. The lowest BCUT2D eigenvalue weighted by molar-refractivity contribution is -0.152. The summed E-state index contributed by atoms with van der Waals surface area (Å²) >= 11 is 0. The van der Waals surface area contributed by atoms with E-state index in [9.17, 15) is 4.79 Å². The van der Waals surface area contributed by atoms with Gasteiger partial charge in [0.1, 0.15) is 0 Å². The van der Waals surface area contributed by atoms with E-state index < -0.39 is 0 Å². The molecule has 1 atom stereocenters. The largest absolute Gasteiger partial charge is 0.465 e. The maximum absolute atomic E-state index is 11.7. The van der Waals surface area contributed by atoms with Crippen LogP contribution in [0.15, 0.2) is 0 Å². The average molecular weight is 213 g/mol. The van der Waals surface area contributed by atoms with Crippen molar-refractivity contribution in [2.75, 3.05) is 32.9 Å². The van der Waals surface area contributed by atoms with Crippen LogP contribution in [0.3, 0.4) is 0 Å². The van der Waals surface area contributed by atoms with Gasteiger partial charge in [0, 0.05) is 25.7 Å². The first-order valence-corrected chi connectivity index (χ1v) is 5.81. The molecule has 0 aromatic heterocycles. The highest BCUT2D eigenvalue weighted by atomic mass is 16.5. The van der Waals surface area contributed by atoms with Crippen LogP contribution in [0.25, 0.3) is 0 Å². The molecule has 2 aliphatic heterocycles. The van der Waals surface area contributed by atoms with E-state index in [0.29, 0.717) is 25.7 Å². The lowest BCUT2D eigenvalue weighted by atomic mass is 10.0. The number of nitrogens with one attached hydrogen (secondary N) is 1. The van der Waals surface area contributed by atoms with Gasteiger partial charge in [0.25, 0.3) is 0 Å². The topological polar surface area (TPSA) is 47.6 Å². The summed E-state index contributed by atoms with van der Waals surface area (Å²) in [5.74, 6) is 0.576. The van der Waals surface area contributed by atoms with Crippen molar-refractivity contribution in [3.05, 3.63) is 0 Å². The number of hydrogen-bond donors (Lipinski definition) is 1. The van der Waals surface area contributed by atoms with Gasteiger partial charge in [0.15, 0.2) is 0 Å². The van der Waals surface area contributed by atoms with Crippen LogP contribution in [0, 0.1) is 11.8 Å². The van der Waals surface area contributed by atoms with Crippen molar-refractivity contribution >= 4 is 5.97 Å². The first-order valence-electron chi connectivity index (χ1n) is 5.81. The molecule has 2 aliphatic rings. The standard InChI is InChI=1S/C11H19NO3/c13-11(10-2-5-14-6-3-10)15-8-9-1-4-12-7-9/h9-10,12H,1-8H2. The van der Waals surface area contributed by atoms with Crippen molar-refractivity contribution in [3.8, 4) is 0 Å². The molecule has 2 fully saturated rings. The predicted octanol–water partition coefficient (Wildman–Crippen LogP) is 0.566. The fraction of sp³-hybridized carbons (Fsp3) is 0.909. The molecule has 0 amide bonds. The van der Waals surface area contributed by atoms with Crippen LogP contribution in [-0.4, -0.2) is 38.9 Å². The highest BCUT2D eigenvalue weighted by molar-refractivity contribution is 5.72. The highest BCUT2D eigenvalue weighted by Crippen LogP contribution is 2.17. The van der Waals surface area contributed by atoms with E-state index in [4.69, 9.17) is 9.47 Å². The molecular weight excluding hydrogens is 194 g/mol. The summed E-state index contributed by atoms with van der Waals surface area (Å²) in [5.41, 5.74) is 0. The molecule has 1 N–H and O–H groups in total. The fourth-order valence-corrected chi connectivity index (χ4v) is 2.11. The van der Waals surface area contributed by atoms with Gasteiger partial charge in [-0.3, -0.25) is 4.79 Å². The number of carbonyl (C=O) groups excluding carboxylic acids is 1. The van der Waals surface area contributed by atoms with Crippen molar-refractivity contribution in [2.45, 2.75) is 19.3 Å². The summed E-state index contributed by atoms with van der Waals surface area (Å²) in [6.07, 6.45) is 2.77. The molecular formula is C11H19NO3. The Balaban J connectivity index is 1.66. The maximum atomic E-state index is 11.7. The quantitative estimate of drug-likeness (QED) is 0.696. The molecule has 0 saturated carbocycles. The second-order valence-electron chi connectivity index (χ2n) is 4.38. The molecule has 2 rings (SSSR count). The SMILES string of the molecule is O=C(OCC1CCNC1)C1CCOCC1. The van der Waals surface area contributed by atoms with E-state index in [0.717, 1.165) is 32.4 Å². The van der Waals surface area contributed by atoms with Crippen LogP contribution in [0.2, 0.25) is 0 Å². The molecule has 4 nitrogen and oxygen atoms in total. The molecule has 15 heavy (non-hydrogen) atoms. The Labute approximate surface area is 90.3 Å². The van der Waals surface area contributed by atoms with E-state index in [1.54, 1.807) is 0 Å². The Morgan fingerprint density at radius 1 is 1.33 bits per heavy atom. The van der Waals surface area contributed by atoms with E-state index in [2.05, 4.69) is 5.32 Å². The third-order valence-corrected chi connectivity index (χ3v) is 3.18. The zero-order valence-corrected chi connectivity index (χ0v) is 9.04. The second-order valence-corrected chi connectivity index (χ2v) is 4.38. The smallest absolute Gasteiger partial charge is 0.309 e. The third-order valence-electron chi connectivity index (χ3n) is 3.18. The summed E-state index contributed by atoms with van der Waals surface area (Å²) in [5, 5.41) is 3.26. The Bertz CT molecular complexity index is 208. The van der Waals surface area contributed by atoms with Crippen LogP contribution in [0.4, 0.5) is 0 Å². The molecule has 4 heteroatoms. The van der Waals surface area contributed by atoms with E-state index in [1.165, 1.54) is 0 Å². The molecule has 0 bridgehead atoms. The van der Waals surface area contributed by atoms with Gasteiger partial charge in [-0.1, -0.05) is 0 Å². The van der Waals surface area contributed by atoms with Crippen molar-refractivity contribution < 1.29 is 14.3 Å². The minimum absolute atomic E-state index is 0.0230. The fourth-order valence-electron chi connectivity index (χ4n) is 2.11. The van der Waals surface area contributed by atoms with Crippen LogP contribution >= 0.6 is 0 Å². The van der Waals surface area contributed by atoms with E-state index >= 15 is 0 Å². The lowest BCUT2D eigenvalue weighted by Gasteiger charge is -2.21. The Hall–Kier alpha value is -0.610. The molecule has 2 saturated heterocycles. The van der Waals surface area contributed by atoms with E-state index in [-0.39, 0.29) is 11.9 Å². The normalized spacial score (nSPS) is 27.9. The molecule has 0 radical (unpaired) electrons. The molecule has 0 aromatic carbocycles. The Kier molecular flexibility index (Phi) is 3.97. The molecule has 2 heterocycles. The van der Waals surface area contributed by atoms with Crippen molar-refractivity contribution in [2.24, 2.45) is 11.8 Å². The zero-order chi connectivity index (χ0) is 10.5. The number of esters is 1. The predicted molar refractivity (Wildman–Crippen MR) is 55.5 cm³/mol.